The highest BCUT2D eigenvalue weighted by molar-refractivity contribution is 8.02. The van der Waals surface area contributed by atoms with Crippen LogP contribution in [-0.2, 0) is 0 Å². The third-order valence-corrected chi connectivity index (χ3v) is 2.16. The van der Waals surface area contributed by atoms with Crippen LogP contribution in [0.3, 0.4) is 0 Å². The molecule has 0 aliphatic carbocycles. The maximum absolute atomic E-state index is 3.73. The molecule has 0 aliphatic heterocycles. The highest BCUT2D eigenvalue weighted by Gasteiger charge is 1.93. The third-order valence-electron chi connectivity index (χ3n) is 1.32. The van der Waals surface area contributed by atoms with Crippen LogP contribution in [0.2, 0.25) is 0 Å². The van der Waals surface area contributed by atoms with Crippen LogP contribution >= 0.6 is 11.8 Å². The lowest BCUT2D eigenvalue weighted by Gasteiger charge is -1.99. The second-order valence-electron chi connectivity index (χ2n) is 2.03. The molecule has 0 heterocycles. The lowest BCUT2D eigenvalue weighted by atomic mass is 10.2. The van der Waals surface area contributed by atoms with Crippen LogP contribution in [0.25, 0.3) is 0 Å². The van der Waals surface area contributed by atoms with E-state index in [2.05, 4.69) is 19.7 Å². The number of hydrogen-bond donors (Lipinski definition) is 0. The molecular formula is C11H14S. The molecule has 0 saturated carbocycles. The Hall–Kier alpha value is -0.950. The first-order chi connectivity index (χ1) is 5.79. The minimum atomic E-state index is 1.08. The van der Waals surface area contributed by atoms with Gasteiger partial charge in [-0.1, -0.05) is 50.1 Å². The molecule has 0 N–H and O–H groups in total. The Balaban J connectivity index is 4.80. The van der Waals surface area contributed by atoms with Crippen LogP contribution < -0.4 is 0 Å². The van der Waals surface area contributed by atoms with Crippen molar-refractivity contribution in [3.05, 3.63) is 60.6 Å². The van der Waals surface area contributed by atoms with Crippen LogP contribution in [-0.4, -0.2) is 6.26 Å². The molecule has 0 amide bonds. The van der Waals surface area contributed by atoms with Gasteiger partial charge in [0.2, 0.25) is 0 Å². The van der Waals surface area contributed by atoms with Crippen LogP contribution in [0.15, 0.2) is 60.6 Å². The first-order valence-electron chi connectivity index (χ1n) is 3.62. The monoisotopic (exact) mass is 178 g/mol. The number of rotatable bonds is 5. The van der Waals surface area contributed by atoms with Crippen molar-refractivity contribution in [2.24, 2.45) is 0 Å². The molecule has 0 saturated heterocycles. The van der Waals surface area contributed by atoms with Crippen molar-refractivity contribution in [1.82, 2.24) is 0 Å². The molecule has 0 aromatic heterocycles. The molecule has 0 aromatic carbocycles. The minimum absolute atomic E-state index is 1.08. The fraction of sp³-hybridized carbons (Fsp3) is 0.0909. The summed E-state index contributed by atoms with van der Waals surface area (Å²) in [5, 5.41) is 0. The zero-order chi connectivity index (χ0) is 9.40. The minimum Gasteiger partial charge on any atom is -0.129 e. The highest BCUT2D eigenvalue weighted by Crippen LogP contribution is 2.19. The molecule has 0 spiro atoms. The SMILES string of the molecule is C=C/C=C\C(C=C)=C(/C=C)SC. The average Bonchev–Trinajstić information content (AvgIpc) is 2.12. The van der Waals surface area contributed by atoms with E-state index in [1.54, 1.807) is 17.8 Å². The van der Waals surface area contributed by atoms with Crippen molar-refractivity contribution < 1.29 is 0 Å². The summed E-state index contributed by atoms with van der Waals surface area (Å²) in [5.41, 5.74) is 1.08. The fourth-order valence-electron chi connectivity index (χ4n) is 0.742. The maximum Gasteiger partial charge on any atom is 0.0135 e. The van der Waals surface area contributed by atoms with E-state index in [0.717, 1.165) is 10.5 Å². The maximum atomic E-state index is 3.73. The van der Waals surface area contributed by atoms with E-state index in [1.807, 2.05) is 30.6 Å². The summed E-state index contributed by atoms with van der Waals surface area (Å²) in [5.74, 6) is 0. The van der Waals surface area contributed by atoms with E-state index in [0.29, 0.717) is 0 Å². The van der Waals surface area contributed by atoms with Gasteiger partial charge in [-0.05, 0) is 11.8 Å². The smallest absolute Gasteiger partial charge is 0.0135 e. The Morgan fingerprint density at radius 3 is 2.17 bits per heavy atom. The highest BCUT2D eigenvalue weighted by atomic mass is 32.2. The normalized spacial score (nSPS) is 12.4. The van der Waals surface area contributed by atoms with E-state index in [4.69, 9.17) is 0 Å². The molecular weight excluding hydrogens is 164 g/mol. The van der Waals surface area contributed by atoms with Gasteiger partial charge in [0, 0.05) is 4.91 Å². The molecule has 0 atom stereocenters. The number of hydrogen-bond acceptors (Lipinski definition) is 1. The van der Waals surface area contributed by atoms with Crippen LogP contribution in [0.5, 0.6) is 0 Å². The van der Waals surface area contributed by atoms with E-state index in [-0.39, 0.29) is 0 Å². The van der Waals surface area contributed by atoms with Crippen molar-refractivity contribution >= 4 is 11.8 Å². The van der Waals surface area contributed by atoms with Crippen molar-refractivity contribution in [3.8, 4) is 0 Å². The largest absolute Gasteiger partial charge is 0.129 e. The van der Waals surface area contributed by atoms with Crippen LogP contribution in [0.1, 0.15) is 0 Å². The van der Waals surface area contributed by atoms with Gasteiger partial charge in [-0.2, -0.15) is 0 Å². The average molecular weight is 178 g/mol. The Bertz CT molecular complexity index is 231. The standard InChI is InChI=1S/C11H14S/c1-5-8-9-10(6-2)11(7-3)12-4/h5-9H,1-3H2,4H3/b9-8-,11-10+. The molecule has 64 valence electrons. The third kappa shape index (κ3) is 3.44. The molecule has 0 aromatic rings. The van der Waals surface area contributed by atoms with E-state index < -0.39 is 0 Å². The van der Waals surface area contributed by atoms with E-state index in [1.165, 1.54) is 0 Å². The Morgan fingerprint density at radius 1 is 1.17 bits per heavy atom. The quantitative estimate of drug-likeness (QED) is 0.578. The van der Waals surface area contributed by atoms with E-state index >= 15 is 0 Å². The van der Waals surface area contributed by atoms with Crippen molar-refractivity contribution in [3.63, 3.8) is 0 Å². The summed E-state index contributed by atoms with van der Waals surface area (Å²) < 4.78 is 0. The van der Waals surface area contributed by atoms with Gasteiger partial charge >= 0.3 is 0 Å². The van der Waals surface area contributed by atoms with Gasteiger partial charge in [-0.15, -0.1) is 11.8 Å². The summed E-state index contributed by atoms with van der Waals surface area (Å²) in [6, 6.07) is 0. The van der Waals surface area contributed by atoms with Crippen LogP contribution in [0, 0.1) is 0 Å². The Kier molecular flexibility index (Phi) is 6.21. The van der Waals surface area contributed by atoms with Gasteiger partial charge in [-0.3, -0.25) is 0 Å². The molecule has 12 heavy (non-hydrogen) atoms. The van der Waals surface area contributed by atoms with Crippen molar-refractivity contribution in [2.45, 2.75) is 0 Å². The summed E-state index contributed by atoms with van der Waals surface area (Å²) >= 11 is 1.66. The van der Waals surface area contributed by atoms with Crippen LogP contribution in [0.4, 0.5) is 0 Å². The van der Waals surface area contributed by atoms with Gasteiger partial charge in [0.25, 0.3) is 0 Å². The predicted octanol–water partition coefficient (Wildman–Crippen LogP) is 3.72. The number of thioether (sulfide) groups is 1. The second kappa shape index (κ2) is 6.74. The van der Waals surface area contributed by atoms with Gasteiger partial charge < -0.3 is 0 Å². The molecule has 0 radical (unpaired) electrons. The Morgan fingerprint density at radius 2 is 1.83 bits per heavy atom. The zero-order valence-corrected chi connectivity index (χ0v) is 8.23. The van der Waals surface area contributed by atoms with Gasteiger partial charge in [0.05, 0.1) is 0 Å². The zero-order valence-electron chi connectivity index (χ0n) is 7.42. The molecule has 0 aliphatic rings. The number of allylic oxidation sites excluding steroid dienone is 6. The van der Waals surface area contributed by atoms with Gasteiger partial charge in [0.1, 0.15) is 0 Å². The lowest BCUT2D eigenvalue weighted by Crippen LogP contribution is -1.76. The second-order valence-corrected chi connectivity index (χ2v) is 2.87. The van der Waals surface area contributed by atoms with Gasteiger partial charge in [0.15, 0.2) is 0 Å². The molecule has 0 unspecified atom stereocenters. The first kappa shape index (κ1) is 11.1. The van der Waals surface area contributed by atoms with E-state index in [9.17, 15) is 0 Å². The van der Waals surface area contributed by atoms with Crippen molar-refractivity contribution in [2.75, 3.05) is 6.26 Å². The molecule has 0 rings (SSSR count). The summed E-state index contributed by atoms with van der Waals surface area (Å²) in [6.07, 6.45) is 11.2. The van der Waals surface area contributed by atoms with Crippen molar-refractivity contribution in [1.29, 1.82) is 0 Å². The molecule has 1 heteroatoms. The summed E-state index contributed by atoms with van der Waals surface area (Å²) in [4.78, 5) is 1.13. The lowest BCUT2D eigenvalue weighted by molar-refractivity contribution is 1.67. The summed E-state index contributed by atoms with van der Waals surface area (Å²) in [7, 11) is 0. The van der Waals surface area contributed by atoms with Gasteiger partial charge in [-0.25, -0.2) is 0 Å². The topological polar surface area (TPSA) is 0 Å². The molecule has 0 bridgehead atoms. The molecule has 0 nitrogen and oxygen atoms in total. The Labute approximate surface area is 79.1 Å². The summed E-state index contributed by atoms with van der Waals surface area (Å²) in [6.45, 7) is 11.1. The first-order valence-corrected chi connectivity index (χ1v) is 4.84. The fourth-order valence-corrected chi connectivity index (χ4v) is 1.30. The predicted molar refractivity (Wildman–Crippen MR) is 60.3 cm³/mol. The molecule has 0 fully saturated rings.